The summed E-state index contributed by atoms with van der Waals surface area (Å²) in [6, 6.07) is 5.50. The molecule has 0 aliphatic carbocycles. The minimum Gasteiger partial charge on any atom is -0.450 e. The summed E-state index contributed by atoms with van der Waals surface area (Å²) in [4.78, 5) is 11.5. The van der Waals surface area contributed by atoms with E-state index in [1.165, 1.54) is 33.4 Å². The fraction of sp³-hybridized carbons (Fsp3) is 0.381. The number of carbonyl (C=O) groups excluding carboxylic acids is 1. The van der Waals surface area contributed by atoms with Crippen LogP contribution in [0, 0.1) is 34.6 Å². The van der Waals surface area contributed by atoms with Gasteiger partial charge in [-0.3, -0.25) is 5.32 Å². The molecular weight excluding hydrogens is 326 g/mol. The van der Waals surface area contributed by atoms with Crippen molar-refractivity contribution in [2.24, 2.45) is 0 Å². The summed E-state index contributed by atoms with van der Waals surface area (Å²) >= 11 is 0. The van der Waals surface area contributed by atoms with Gasteiger partial charge in [-0.2, -0.15) is 0 Å². The number of nitrogens with one attached hydrogen (secondary N) is 2. The second-order valence-corrected chi connectivity index (χ2v) is 6.60. The topological polar surface area (TPSA) is 76.4 Å². The van der Waals surface area contributed by atoms with E-state index in [1.54, 1.807) is 13.0 Å². The fourth-order valence-electron chi connectivity index (χ4n) is 3.10. The Morgan fingerprint density at radius 3 is 2.12 bits per heavy atom. The number of hydrogen-bond acceptors (Lipinski definition) is 4. The van der Waals surface area contributed by atoms with E-state index in [2.05, 4.69) is 45.3 Å². The van der Waals surface area contributed by atoms with Crippen LogP contribution < -0.4 is 16.4 Å². The first kappa shape index (κ1) is 19.6. The molecule has 2 rings (SSSR count). The summed E-state index contributed by atoms with van der Waals surface area (Å²) in [6.45, 7) is 13.7. The quantitative estimate of drug-likeness (QED) is 0.660. The van der Waals surface area contributed by atoms with Crippen LogP contribution in [0.3, 0.4) is 0 Å². The van der Waals surface area contributed by atoms with Crippen LogP contribution in [0.2, 0.25) is 0 Å². The highest BCUT2D eigenvalue weighted by atomic mass is 16.5. The molecule has 0 spiro atoms. The molecule has 2 aromatic carbocycles. The predicted molar refractivity (Wildman–Crippen MR) is 109 cm³/mol. The lowest BCUT2D eigenvalue weighted by atomic mass is 9.89. The number of carbonyl (C=O) groups is 1. The first-order valence-corrected chi connectivity index (χ1v) is 8.89. The fourth-order valence-corrected chi connectivity index (χ4v) is 3.10. The predicted octanol–water partition coefficient (Wildman–Crippen LogP) is 4.99. The number of anilines is 3. The van der Waals surface area contributed by atoms with E-state index in [0.717, 1.165) is 12.2 Å². The van der Waals surface area contributed by atoms with Gasteiger partial charge in [0.05, 0.1) is 18.0 Å². The highest BCUT2D eigenvalue weighted by Crippen LogP contribution is 2.28. The summed E-state index contributed by atoms with van der Waals surface area (Å²) in [5.74, 6) is 0. The van der Waals surface area contributed by atoms with Gasteiger partial charge in [0.2, 0.25) is 0 Å². The van der Waals surface area contributed by atoms with E-state index in [4.69, 9.17) is 10.5 Å². The molecule has 0 saturated heterocycles. The van der Waals surface area contributed by atoms with E-state index >= 15 is 0 Å². The van der Waals surface area contributed by atoms with E-state index < -0.39 is 6.09 Å². The second-order valence-electron chi connectivity index (χ2n) is 6.60. The second kappa shape index (κ2) is 8.13. The Bertz CT molecular complexity index is 799. The van der Waals surface area contributed by atoms with Gasteiger partial charge in [-0.05, 0) is 93.1 Å². The van der Waals surface area contributed by atoms with Crippen LogP contribution in [-0.4, -0.2) is 12.7 Å². The molecule has 0 aliphatic heterocycles. The Hall–Kier alpha value is -2.69. The van der Waals surface area contributed by atoms with Crippen molar-refractivity contribution in [3.63, 3.8) is 0 Å². The lowest BCUT2D eigenvalue weighted by Gasteiger charge is -2.20. The van der Waals surface area contributed by atoms with Crippen molar-refractivity contribution in [1.29, 1.82) is 0 Å². The number of nitrogens with two attached hydrogens (primary N) is 1. The van der Waals surface area contributed by atoms with Crippen molar-refractivity contribution in [2.45, 2.75) is 48.1 Å². The molecule has 0 aliphatic rings. The van der Waals surface area contributed by atoms with Crippen LogP contribution in [0.5, 0.6) is 0 Å². The molecule has 0 heterocycles. The zero-order chi connectivity index (χ0) is 19.4. The van der Waals surface area contributed by atoms with Crippen molar-refractivity contribution < 1.29 is 9.53 Å². The van der Waals surface area contributed by atoms with Crippen LogP contribution in [-0.2, 0) is 11.3 Å². The van der Waals surface area contributed by atoms with Crippen molar-refractivity contribution in [2.75, 3.05) is 23.0 Å². The maximum Gasteiger partial charge on any atom is 0.411 e. The van der Waals surface area contributed by atoms with Crippen LogP contribution in [0.4, 0.5) is 21.9 Å². The molecule has 5 heteroatoms. The van der Waals surface area contributed by atoms with Gasteiger partial charge in [0.25, 0.3) is 0 Å². The average Bonchev–Trinajstić information content (AvgIpc) is 2.60. The van der Waals surface area contributed by atoms with Gasteiger partial charge in [0.1, 0.15) is 0 Å². The minimum absolute atomic E-state index is 0.319. The molecule has 1 amide bonds. The molecule has 2 aromatic rings. The largest absolute Gasteiger partial charge is 0.450 e. The number of benzene rings is 2. The van der Waals surface area contributed by atoms with Crippen molar-refractivity contribution in [3.8, 4) is 0 Å². The van der Waals surface area contributed by atoms with Gasteiger partial charge in [-0.1, -0.05) is 0 Å². The molecule has 0 bridgehead atoms. The lowest BCUT2D eigenvalue weighted by Crippen LogP contribution is -2.14. The Morgan fingerprint density at radius 2 is 1.58 bits per heavy atom. The van der Waals surface area contributed by atoms with Crippen molar-refractivity contribution >= 4 is 23.2 Å². The summed E-state index contributed by atoms with van der Waals surface area (Å²) in [7, 11) is 0. The maximum atomic E-state index is 11.5. The summed E-state index contributed by atoms with van der Waals surface area (Å²) in [6.07, 6.45) is -0.503. The standard InChI is InChI=1S/C21H29N3O2/c1-7-26-21(25)24-20-9-8-17(10-19(20)22)23-11-18-15(5)13(3)12(2)14(4)16(18)6/h8-10,23H,7,11,22H2,1-6H3,(H,24,25). The molecule has 0 saturated carbocycles. The molecule has 26 heavy (non-hydrogen) atoms. The lowest BCUT2D eigenvalue weighted by molar-refractivity contribution is 0.168. The first-order valence-electron chi connectivity index (χ1n) is 8.89. The number of nitrogen functional groups attached to an aromatic ring is 1. The highest BCUT2D eigenvalue weighted by Gasteiger charge is 2.12. The minimum atomic E-state index is -0.503. The smallest absolute Gasteiger partial charge is 0.411 e. The molecule has 5 nitrogen and oxygen atoms in total. The Morgan fingerprint density at radius 1 is 1.00 bits per heavy atom. The average molecular weight is 355 g/mol. The molecule has 0 radical (unpaired) electrons. The molecule has 0 atom stereocenters. The van der Waals surface area contributed by atoms with E-state index in [1.807, 2.05) is 12.1 Å². The summed E-state index contributed by atoms with van der Waals surface area (Å²) < 4.78 is 4.87. The van der Waals surface area contributed by atoms with Crippen LogP contribution in [0.1, 0.15) is 40.3 Å². The maximum absolute atomic E-state index is 11.5. The highest BCUT2D eigenvalue weighted by molar-refractivity contribution is 5.89. The monoisotopic (exact) mass is 355 g/mol. The van der Waals surface area contributed by atoms with Crippen molar-refractivity contribution in [3.05, 3.63) is 51.6 Å². The molecule has 0 fully saturated rings. The Kier molecular flexibility index (Phi) is 6.14. The van der Waals surface area contributed by atoms with E-state index in [0.29, 0.717) is 18.0 Å². The Balaban J connectivity index is 2.16. The third-order valence-corrected chi connectivity index (χ3v) is 5.19. The molecular formula is C21H29N3O2. The van der Waals surface area contributed by atoms with Crippen LogP contribution in [0.25, 0.3) is 0 Å². The summed E-state index contributed by atoms with van der Waals surface area (Å²) in [5, 5.41) is 6.08. The first-order chi connectivity index (χ1) is 12.3. The van der Waals surface area contributed by atoms with Crippen LogP contribution >= 0.6 is 0 Å². The molecule has 0 aromatic heterocycles. The number of amides is 1. The van der Waals surface area contributed by atoms with Gasteiger partial charge < -0.3 is 15.8 Å². The zero-order valence-corrected chi connectivity index (χ0v) is 16.5. The number of rotatable bonds is 5. The van der Waals surface area contributed by atoms with E-state index in [-0.39, 0.29) is 0 Å². The van der Waals surface area contributed by atoms with Crippen molar-refractivity contribution in [1.82, 2.24) is 0 Å². The van der Waals surface area contributed by atoms with Gasteiger partial charge >= 0.3 is 6.09 Å². The molecule has 4 N–H and O–H groups in total. The third-order valence-electron chi connectivity index (χ3n) is 5.19. The normalized spacial score (nSPS) is 10.5. The number of hydrogen-bond donors (Lipinski definition) is 3. The number of ether oxygens (including phenoxy) is 1. The summed E-state index contributed by atoms with van der Waals surface area (Å²) in [5.41, 5.74) is 16.0. The molecule has 140 valence electrons. The SMILES string of the molecule is CCOC(=O)Nc1ccc(NCc2c(C)c(C)c(C)c(C)c2C)cc1N. The Labute approximate surface area is 155 Å². The van der Waals surface area contributed by atoms with Gasteiger partial charge in [0.15, 0.2) is 0 Å². The van der Waals surface area contributed by atoms with E-state index in [9.17, 15) is 4.79 Å². The van der Waals surface area contributed by atoms with Crippen LogP contribution in [0.15, 0.2) is 18.2 Å². The zero-order valence-electron chi connectivity index (χ0n) is 16.5. The third kappa shape index (κ3) is 4.10. The van der Waals surface area contributed by atoms with Gasteiger partial charge in [0, 0.05) is 12.2 Å². The molecule has 0 unspecified atom stereocenters. The van der Waals surface area contributed by atoms with Gasteiger partial charge in [-0.25, -0.2) is 4.79 Å². The van der Waals surface area contributed by atoms with Gasteiger partial charge in [-0.15, -0.1) is 0 Å².